The molecule has 0 spiro atoms. The van der Waals surface area contributed by atoms with E-state index in [9.17, 15) is 28.0 Å². The summed E-state index contributed by atoms with van der Waals surface area (Å²) in [6.07, 6.45) is -0.959. The molecule has 1 heterocycles. The standard InChI is InChI=1S/C23H22F2N4O6/c1-11-26-17-4-3-12(7-14(17)22(33)27-11)10-29(2)19-9-15(24)13(8-16(19)25)21(32)28-18(23(34)35)5-6-20(30)31/h3-4,7-9,18H,5-6,10H2,1-2H3,(H,28,32)(H,30,31)(H,34,35)(H,26,27,33)/t18-/m0/s1. The van der Waals surface area contributed by atoms with Crippen molar-refractivity contribution in [3.8, 4) is 0 Å². The molecule has 4 N–H and O–H groups in total. The second-order valence-corrected chi connectivity index (χ2v) is 7.94. The Morgan fingerprint density at radius 3 is 2.51 bits per heavy atom. The number of fused-ring (bicyclic) bond motifs is 1. The van der Waals surface area contributed by atoms with Gasteiger partial charge in [0.15, 0.2) is 0 Å². The van der Waals surface area contributed by atoms with E-state index in [0.717, 1.165) is 6.07 Å². The van der Waals surface area contributed by atoms with Crippen molar-refractivity contribution in [2.45, 2.75) is 32.4 Å². The number of aryl methyl sites for hydroxylation is 1. The lowest BCUT2D eigenvalue weighted by Crippen LogP contribution is -2.41. The second kappa shape index (κ2) is 10.3. The number of nitrogens with zero attached hydrogens (tertiary/aromatic N) is 2. The maximum absolute atomic E-state index is 14.8. The third-order valence-electron chi connectivity index (χ3n) is 5.25. The average Bonchev–Trinajstić information content (AvgIpc) is 2.77. The van der Waals surface area contributed by atoms with Gasteiger partial charge in [0.05, 0.1) is 22.2 Å². The zero-order valence-corrected chi connectivity index (χ0v) is 18.8. The first-order valence-electron chi connectivity index (χ1n) is 10.4. The van der Waals surface area contributed by atoms with Crippen molar-refractivity contribution in [3.05, 3.63) is 69.3 Å². The average molecular weight is 488 g/mol. The number of carbonyl (C=O) groups excluding carboxylic acids is 1. The number of aliphatic carboxylic acids is 2. The van der Waals surface area contributed by atoms with E-state index in [1.54, 1.807) is 25.1 Å². The summed E-state index contributed by atoms with van der Waals surface area (Å²) in [5.74, 6) is -5.53. The van der Waals surface area contributed by atoms with Gasteiger partial charge in [0.2, 0.25) is 0 Å². The Labute approximate surface area is 197 Å². The van der Waals surface area contributed by atoms with Crippen LogP contribution in [-0.4, -0.2) is 51.1 Å². The minimum Gasteiger partial charge on any atom is -0.481 e. The Hall–Kier alpha value is -4.35. The number of carbonyl (C=O) groups is 3. The Morgan fingerprint density at radius 1 is 1.14 bits per heavy atom. The molecule has 0 unspecified atom stereocenters. The van der Waals surface area contributed by atoms with Crippen molar-refractivity contribution in [1.82, 2.24) is 15.3 Å². The van der Waals surface area contributed by atoms with Crippen LogP contribution in [0.15, 0.2) is 35.1 Å². The highest BCUT2D eigenvalue weighted by Crippen LogP contribution is 2.25. The number of H-pyrrole nitrogens is 1. The fraction of sp³-hybridized carbons (Fsp3) is 0.261. The van der Waals surface area contributed by atoms with E-state index >= 15 is 0 Å². The number of benzene rings is 2. The molecule has 184 valence electrons. The van der Waals surface area contributed by atoms with Crippen LogP contribution in [-0.2, 0) is 16.1 Å². The van der Waals surface area contributed by atoms with Crippen molar-refractivity contribution in [1.29, 1.82) is 0 Å². The summed E-state index contributed by atoms with van der Waals surface area (Å²) in [4.78, 5) is 54.7. The molecule has 0 radical (unpaired) electrons. The van der Waals surface area contributed by atoms with Gasteiger partial charge in [-0.15, -0.1) is 0 Å². The monoisotopic (exact) mass is 488 g/mol. The molecule has 1 aromatic heterocycles. The Kier molecular flexibility index (Phi) is 7.43. The number of carboxylic acid groups (broad SMARTS) is 2. The Bertz CT molecular complexity index is 1370. The van der Waals surface area contributed by atoms with Crippen LogP contribution in [0.3, 0.4) is 0 Å². The number of halogens is 2. The van der Waals surface area contributed by atoms with Crippen LogP contribution < -0.4 is 15.8 Å². The van der Waals surface area contributed by atoms with Crippen molar-refractivity contribution in [3.63, 3.8) is 0 Å². The minimum absolute atomic E-state index is 0.0986. The summed E-state index contributed by atoms with van der Waals surface area (Å²) in [6, 6.07) is 4.80. The quantitative estimate of drug-likeness (QED) is 0.358. The molecule has 12 heteroatoms. The van der Waals surface area contributed by atoms with E-state index in [-0.39, 0.29) is 17.8 Å². The van der Waals surface area contributed by atoms with E-state index in [1.807, 2.05) is 5.32 Å². The molecule has 0 aliphatic carbocycles. The fourth-order valence-electron chi connectivity index (χ4n) is 3.52. The topological polar surface area (TPSA) is 153 Å². The molecule has 0 saturated carbocycles. The highest BCUT2D eigenvalue weighted by atomic mass is 19.1. The number of carboxylic acids is 2. The van der Waals surface area contributed by atoms with Crippen LogP contribution in [0, 0.1) is 18.6 Å². The molecular weight excluding hydrogens is 466 g/mol. The van der Waals surface area contributed by atoms with E-state index < -0.39 is 53.9 Å². The number of rotatable bonds is 9. The number of nitrogens with one attached hydrogen (secondary N) is 2. The van der Waals surface area contributed by atoms with E-state index in [1.165, 1.54) is 11.9 Å². The van der Waals surface area contributed by atoms with Gasteiger partial charge in [-0.1, -0.05) is 6.07 Å². The summed E-state index contributed by atoms with van der Waals surface area (Å²) in [5.41, 5.74) is -0.1000. The van der Waals surface area contributed by atoms with Crippen LogP contribution >= 0.6 is 0 Å². The van der Waals surface area contributed by atoms with Gasteiger partial charge in [0.1, 0.15) is 23.5 Å². The normalized spacial score (nSPS) is 11.8. The van der Waals surface area contributed by atoms with Gasteiger partial charge < -0.3 is 25.4 Å². The SMILES string of the molecule is Cc1nc2ccc(CN(C)c3cc(F)c(C(=O)N[C@@H](CCC(=O)O)C(=O)O)cc3F)cc2c(=O)[nH]1. The Balaban J connectivity index is 1.80. The van der Waals surface area contributed by atoms with Gasteiger partial charge in [0.25, 0.3) is 11.5 Å². The number of anilines is 1. The number of aromatic nitrogens is 2. The van der Waals surface area contributed by atoms with Crippen molar-refractivity contribution < 1.29 is 33.4 Å². The van der Waals surface area contributed by atoms with Gasteiger partial charge in [-0.05, 0) is 37.1 Å². The summed E-state index contributed by atoms with van der Waals surface area (Å²) in [6.45, 7) is 1.75. The third kappa shape index (κ3) is 5.96. The van der Waals surface area contributed by atoms with Crippen molar-refractivity contribution in [2.24, 2.45) is 0 Å². The van der Waals surface area contributed by atoms with Crippen molar-refractivity contribution >= 4 is 34.4 Å². The van der Waals surface area contributed by atoms with Gasteiger partial charge in [-0.3, -0.25) is 14.4 Å². The predicted octanol–water partition coefficient (Wildman–Crippen LogP) is 2.19. The molecular formula is C23H22F2N4O6. The van der Waals surface area contributed by atoms with Gasteiger partial charge in [-0.25, -0.2) is 18.6 Å². The number of hydrogen-bond donors (Lipinski definition) is 4. The molecule has 1 amide bonds. The van der Waals surface area contributed by atoms with Gasteiger partial charge >= 0.3 is 11.9 Å². The molecule has 0 aliphatic rings. The van der Waals surface area contributed by atoms with Gasteiger partial charge in [0, 0.05) is 26.1 Å². The molecule has 0 saturated heterocycles. The molecule has 0 bridgehead atoms. The zero-order valence-electron chi connectivity index (χ0n) is 18.8. The molecule has 10 nitrogen and oxygen atoms in total. The fourth-order valence-corrected chi connectivity index (χ4v) is 3.52. The molecule has 35 heavy (non-hydrogen) atoms. The highest BCUT2D eigenvalue weighted by molar-refractivity contribution is 5.97. The molecule has 0 aliphatic heterocycles. The van der Waals surface area contributed by atoms with Crippen LogP contribution in [0.1, 0.15) is 34.6 Å². The minimum atomic E-state index is -1.59. The first-order chi connectivity index (χ1) is 16.5. The van der Waals surface area contributed by atoms with Crippen molar-refractivity contribution in [2.75, 3.05) is 11.9 Å². The maximum atomic E-state index is 14.8. The molecule has 1 atom stereocenters. The second-order valence-electron chi connectivity index (χ2n) is 7.94. The Morgan fingerprint density at radius 2 is 1.86 bits per heavy atom. The lowest BCUT2D eigenvalue weighted by atomic mass is 10.1. The first-order valence-corrected chi connectivity index (χ1v) is 10.4. The lowest BCUT2D eigenvalue weighted by molar-refractivity contribution is -0.140. The zero-order chi connectivity index (χ0) is 25.9. The van der Waals surface area contributed by atoms with E-state index in [4.69, 9.17) is 10.2 Å². The van der Waals surface area contributed by atoms with Crippen LogP contribution in [0.25, 0.3) is 10.9 Å². The largest absolute Gasteiger partial charge is 0.481 e. The highest BCUT2D eigenvalue weighted by Gasteiger charge is 2.25. The third-order valence-corrected chi connectivity index (χ3v) is 5.25. The number of aromatic amines is 1. The van der Waals surface area contributed by atoms with Gasteiger partial charge in [-0.2, -0.15) is 0 Å². The van der Waals surface area contributed by atoms with E-state index in [0.29, 0.717) is 28.4 Å². The number of amides is 1. The number of hydrogen-bond acceptors (Lipinski definition) is 6. The smallest absolute Gasteiger partial charge is 0.326 e. The first kappa shape index (κ1) is 25.3. The summed E-state index contributed by atoms with van der Waals surface area (Å²) < 4.78 is 29.5. The lowest BCUT2D eigenvalue weighted by Gasteiger charge is -2.21. The molecule has 0 fully saturated rings. The summed E-state index contributed by atoms with van der Waals surface area (Å²) in [7, 11) is 1.49. The van der Waals surface area contributed by atoms with Crippen LogP contribution in [0.5, 0.6) is 0 Å². The summed E-state index contributed by atoms with van der Waals surface area (Å²) in [5, 5.41) is 20.2. The van der Waals surface area contributed by atoms with Crippen LogP contribution in [0.2, 0.25) is 0 Å². The summed E-state index contributed by atoms with van der Waals surface area (Å²) >= 11 is 0. The van der Waals surface area contributed by atoms with Crippen LogP contribution in [0.4, 0.5) is 14.5 Å². The molecule has 3 rings (SSSR count). The molecule has 3 aromatic rings. The van der Waals surface area contributed by atoms with E-state index in [2.05, 4.69) is 9.97 Å². The molecule has 2 aromatic carbocycles. The maximum Gasteiger partial charge on any atom is 0.326 e. The predicted molar refractivity (Wildman–Crippen MR) is 121 cm³/mol.